The maximum atomic E-state index is 11.3. The van der Waals surface area contributed by atoms with E-state index >= 15 is 0 Å². The van der Waals surface area contributed by atoms with Gasteiger partial charge in [0.25, 0.3) is 0 Å². The molecule has 1 N–H and O–H groups in total. The third-order valence-electron chi connectivity index (χ3n) is 2.51. The van der Waals surface area contributed by atoms with Gasteiger partial charge >= 0.3 is 12.1 Å². The second-order valence-corrected chi connectivity index (χ2v) is 4.58. The maximum absolute atomic E-state index is 11.3. The molecule has 0 radical (unpaired) electrons. The molecule has 0 rings (SSSR count). The van der Waals surface area contributed by atoms with Gasteiger partial charge in [0, 0.05) is 13.6 Å². The fourth-order valence-corrected chi connectivity index (χ4v) is 1.20. The molecule has 5 heteroatoms. The van der Waals surface area contributed by atoms with Crippen molar-refractivity contribution in [2.45, 2.75) is 26.7 Å². The number of carboxylic acids is 1. The van der Waals surface area contributed by atoms with E-state index in [4.69, 9.17) is 9.84 Å². The summed E-state index contributed by atoms with van der Waals surface area (Å²) in [5.41, 5.74) is -0.758. The summed E-state index contributed by atoms with van der Waals surface area (Å²) < 4.78 is 4.84. The van der Waals surface area contributed by atoms with Crippen molar-refractivity contribution >= 4 is 12.1 Å². The number of nitrogens with zero attached hydrogens (tertiary/aromatic N) is 1. The van der Waals surface area contributed by atoms with Crippen molar-refractivity contribution in [2.24, 2.45) is 5.41 Å². The van der Waals surface area contributed by atoms with E-state index in [1.54, 1.807) is 20.9 Å². The molecule has 0 saturated carbocycles. The van der Waals surface area contributed by atoms with Gasteiger partial charge in [-0.05, 0) is 26.7 Å². The fraction of sp³-hybridized carbons (Fsp3) is 0.667. The molecule has 0 aromatic rings. The lowest BCUT2D eigenvalue weighted by Crippen LogP contribution is -2.30. The zero-order valence-electron chi connectivity index (χ0n) is 10.7. The second kappa shape index (κ2) is 6.93. The predicted octanol–water partition coefficient (Wildman–Crippen LogP) is 2.13. The second-order valence-electron chi connectivity index (χ2n) is 4.58. The van der Waals surface area contributed by atoms with Crippen molar-refractivity contribution in [3.63, 3.8) is 0 Å². The first-order valence-electron chi connectivity index (χ1n) is 5.53. The molecule has 0 saturated heterocycles. The molecule has 1 amide bonds. The van der Waals surface area contributed by atoms with Crippen molar-refractivity contribution < 1.29 is 19.4 Å². The van der Waals surface area contributed by atoms with E-state index in [2.05, 4.69) is 6.58 Å². The summed E-state index contributed by atoms with van der Waals surface area (Å²) in [6.45, 7) is 7.45. The Balaban J connectivity index is 3.92. The summed E-state index contributed by atoms with van der Waals surface area (Å²) in [7, 11) is 1.62. The summed E-state index contributed by atoms with van der Waals surface area (Å²) in [5.74, 6) is -0.825. The Morgan fingerprint density at radius 1 is 1.47 bits per heavy atom. The Bertz CT molecular complexity index is 286. The number of carboxylic acid groups (broad SMARTS) is 1. The van der Waals surface area contributed by atoms with Crippen molar-refractivity contribution in [2.75, 3.05) is 20.2 Å². The Hall–Kier alpha value is -1.52. The van der Waals surface area contributed by atoms with E-state index in [1.807, 2.05) is 0 Å². The molecule has 0 aliphatic rings. The molecule has 0 aliphatic carbocycles. The summed E-state index contributed by atoms with van der Waals surface area (Å²) in [4.78, 5) is 23.6. The highest BCUT2D eigenvalue weighted by Gasteiger charge is 2.26. The van der Waals surface area contributed by atoms with Crippen molar-refractivity contribution in [3.05, 3.63) is 12.7 Å². The molecule has 17 heavy (non-hydrogen) atoms. The highest BCUT2D eigenvalue weighted by molar-refractivity contribution is 5.73. The van der Waals surface area contributed by atoms with E-state index in [-0.39, 0.29) is 6.61 Å². The van der Waals surface area contributed by atoms with Gasteiger partial charge in [-0.1, -0.05) is 12.7 Å². The number of ether oxygens (including phenoxy) is 1. The van der Waals surface area contributed by atoms with Gasteiger partial charge in [0.2, 0.25) is 0 Å². The number of carbonyl (C=O) groups is 2. The van der Waals surface area contributed by atoms with Gasteiger partial charge in [0.15, 0.2) is 0 Å². The molecule has 0 aliphatic heterocycles. The smallest absolute Gasteiger partial charge is 0.409 e. The molecule has 0 unspecified atom stereocenters. The molecule has 0 fully saturated rings. The Morgan fingerprint density at radius 2 is 2.06 bits per heavy atom. The van der Waals surface area contributed by atoms with Crippen LogP contribution in [0.2, 0.25) is 0 Å². The minimum absolute atomic E-state index is 0.184. The fourth-order valence-electron chi connectivity index (χ4n) is 1.20. The third kappa shape index (κ3) is 5.94. The number of amides is 1. The standard InChI is InChI=1S/C12H21NO4/c1-5-9-17-11(16)13(4)8-6-7-12(2,3)10(14)15/h5H,1,6-9H2,2-4H3,(H,14,15). The first-order valence-corrected chi connectivity index (χ1v) is 5.53. The van der Waals surface area contributed by atoms with Crippen LogP contribution in [0.15, 0.2) is 12.7 Å². The number of rotatable bonds is 7. The van der Waals surface area contributed by atoms with Gasteiger partial charge in [-0.3, -0.25) is 4.79 Å². The van der Waals surface area contributed by atoms with Crippen LogP contribution in [-0.4, -0.2) is 42.3 Å². The van der Waals surface area contributed by atoms with Gasteiger partial charge in [-0.2, -0.15) is 0 Å². The largest absolute Gasteiger partial charge is 0.481 e. The van der Waals surface area contributed by atoms with Crippen molar-refractivity contribution in [1.29, 1.82) is 0 Å². The number of hydrogen-bond donors (Lipinski definition) is 1. The van der Waals surface area contributed by atoms with Crippen LogP contribution < -0.4 is 0 Å². The highest BCUT2D eigenvalue weighted by atomic mass is 16.6. The average molecular weight is 243 g/mol. The average Bonchev–Trinajstić information content (AvgIpc) is 2.25. The number of carbonyl (C=O) groups excluding carboxylic acids is 1. The van der Waals surface area contributed by atoms with Crippen LogP contribution in [0, 0.1) is 5.41 Å². The first kappa shape index (κ1) is 15.5. The van der Waals surface area contributed by atoms with Crippen LogP contribution in [-0.2, 0) is 9.53 Å². The van der Waals surface area contributed by atoms with Crippen LogP contribution in [0.3, 0.4) is 0 Å². The van der Waals surface area contributed by atoms with Gasteiger partial charge in [0.05, 0.1) is 5.41 Å². The molecular formula is C12H21NO4. The number of hydrogen-bond acceptors (Lipinski definition) is 3. The maximum Gasteiger partial charge on any atom is 0.409 e. The topological polar surface area (TPSA) is 66.8 Å². The molecular weight excluding hydrogens is 222 g/mol. The molecule has 0 bridgehead atoms. The minimum Gasteiger partial charge on any atom is -0.481 e. The highest BCUT2D eigenvalue weighted by Crippen LogP contribution is 2.22. The minimum atomic E-state index is -0.825. The van der Waals surface area contributed by atoms with Gasteiger partial charge < -0.3 is 14.7 Å². The molecule has 0 aromatic carbocycles. The van der Waals surface area contributed by atoms with Gasteiger partial charge in [-0.15, -0.1) is 0 Å². The van der Waals surface area contributed by atoms with E-state index in [0.717, 1.165) is 0 Å². The molecule has 0 spiro atoms. The van der Waals surface area contributed by atoms with E-state index in [0.29, 0.717) is 19.4 Å². The lowest BCUT2D eigenvalue weighted by atomic mass is 9.88. The van der Waals surface area contributed by atoms with Crippen molar-refractivity contribution in [1.82, 2.24) is 4.90 Å². The predicted molar refractivity (Wildman–Crippen MR) is 64.8 cm³/mol. The molecule has 0 aromatic heterocycles. The first-order chi connectivity index (χ1) is 7.81. The van der Waals surface area contributed by atoms with E-state index < -0.39 is 17.5 Å². The third-order valence-corrected chi connectivity index (χ3v) is 2.51. The molecule has 0 atom stereocenters. The lowest BCUT2D eigenvalue weighted by molar-refractivity contribution is -0.147. The van der Waals surface area contributed by atoms with Crippen LogP contribution in [0.4, 0.5) is 4.79 Å². The lowest BCUT2D eigenvalue weighted by Gasteiger charge is -2.21. The quantitative estimate of drug-likeness (QED) is 0.695. The van der Waals surface area contributed by atoms with Gasteiger partial charge in [-0.25, -0.2) is 4.79 Å². The monoisotopic (exact) mass is 243 g/mol. The Kier molecular flexibility index (Phi) is 6.31. The Morgan fingerprint density at radius 3 is 2.53 bits per heavy atom. The summed E-state index contributed by atoms with van der Waals surface area (Å²) in [6, 6.07) is 0. The van der Waals surface area contributed by atoms with Crippen LogP contribution in [0.5, 0.6) is 0 Å². The SMILES string of the molecule is C=CCOC(=O)N(C)CCCC(C)(C)C(=O)O. The summed E-state index contributed by atoms with van der Waals surface area (Å²) in [6.07, 6.45) is 2.22. The zero-order valence-corrected chi connectivity index (χ0v) is 10.7. The van der Waals surface area contributed by atoms with Crippen molar-refractivity contribution in [3.8, 4) is 0 Å². The summed E-state index contributed by atoms with van der Waals surface area (Å²) >= 11 is 0. The molecule has 0 heterocycles. The van der Waals surface area contributed by atoms with Crippen LogP contribution >= 0.6 is 0 Å². The van der Waals surface area contributed by atoms with Gasteiger partial charge in [0.1, 0.15) is 6.61 Å². The van der Waals surface area contributed by atoms with E-state index in [1.165, 1.54) is 11.0 Å². The van der Waals surface area contributed by atoms with Crippen LogP contribution in [0.25, 0.3) is 0 Å². The molecule has 5 nitrogen and oxygen atoms in total. The zero-order chi connectivity index (χ0) is 13.5. The van der Waals surface area contributed by atoms with Crippen LogP contribution in [0.1, 0.15) is 26.7 Å². The normalized spacial score (nSPS) is 10.8. The Labute approximate surface area is 102 Å². The van der Waals surface area contributed by atoms with E-state index in [9.17, 15) is 9.59 Å². The number of aliphatic carboxylic acids is 1. The summed E-state index contributed by atoms with van der Waals surface area (Å²) in [5, 5.41) is 8.92. The molecule has 98 valence electrons.